The zero-order valence-electron chi connectivity index (χ0n) is 8.55. The van der Waals surface area contributed by atoms with Gasteiger partial charge in [-0.05, 0) is 12.2 Å². The van der Waals surface area contributed by atoms with Crippen LogP contribution in [0.25, 0.3) is 0 Å². The van der Waals surface area contributed by atoms with Crippen molar-refractivity contribution in [2.75, 3.05) is 23.5 Å². The molecule has 2 rings (SSSR count). The highest BCUT2D eigenvalue weighted by Gasteiger charge is 2.23. The minimum absolute atomic E-state index is 0.414. The average molecular weight is 220 g/mol. The molecule has 0 N–H and O–H groups in total. The van der Waals surface area contributed by atoms with Gasteiger partial charge in [0.25, 0.3) is 0 Å². The third kappa shape index (κ3) is 2.05. The van der Waals surface area contributed by atoms with Gasteiger partial charge in [0, 0.05) is 31.2 Å². The predicted molar refractivity (Wildman–Crippen MR) is 60.9 cm³/mol. The van der Waals surface area contributed by atoms with Crippen molar-refractivity contribution < 1.29 is 0 Å². The van der Waals surface area contributed by atoms with Crippen LogP contribution >= 0.6 is 11.8 Å². The van der Waals surface area contributed by atoms with Crippen LogP contribution in [0.15, 0.2) is 12.4 Å². The zero-order valence-corrected chi connectivity index (χ0v) is 9.37. The summed E-state index contributed by atoms with van der Waals surface area (Å²) in [7, 11) is 1.99. The normalized spacial score (nSPS) is 19.9. The van der Waals surface area contributed by atoms with E-state index < -0.39 is 0 Å². The number of anilines is 1. The molecule has 1 unspecified atom stereocenters. The summed E-state index contributed by atoms with van der Waals surface area (Å²) < 4.78 is 0. The van der Waals surface area contributed by atoms with Crippen LogP contribution in [0.2, 0.25) is 0 Å². The van der Waals surface area contributed by atoms with Crippen molar-refractivity contribution in [1.29, 1.82) is 5.26 Å². The molecule has 15 heavy (non-hydrogen) atoms. The molecule has 0 aliphatic carbocycles. The lowest BCUT2D eigenvalue weighted by atomic mass is 10.2. The monoisotopic (exact) mass is 220 g/mol. The van der Waals surface area contributed by atoms with Crippen LogP contribution in [0.3, 0.4) is 0 Å². The quantitative estimate of drug-likeness (QED) is 0.751. The second-order valence-electron chi connectivity index (χ2n) is 3.47. The summed E-state index contributed by atoms with van der Waals surface area (Å²) in [6.45, 7) is 0. The molecular weight excluding hydrogens is 208 g/mol. The van der Waals surface area contributed by atoms with Gasteiger partial charge >= 0.3 is 0 Å². The Morgan fingerprint density at radius 1 is 1.53 bits per heavy atom. The molecule has 0 amide bonds. The van der Waals surface area contributed by atoms with E-state index in [1.807, 2.05) is 18.8 Å². The molecule has 5 heteroatoms. The Balaban J connectivity index is 2.24. The Morgan fingerprint density at radius 2 is 2.33 bits per heavy atom. The highest BCUT2D eigenvalue weighted by molar-refractivity contribution is 7.99. The molecule has 0 radical (unpaired) electrons. The van der Waals surface area contributed by atoms with E-state index in [0.717, 1.165) is 12.2 Å². The maximum Gasteiger partial charge on any atom is 0.183 e. The van der Waals surface area contributed by atoms with Crippen molar-refractivity contribution in [3.8, 4) is 6.07 Å². The lowest BCUT2D eigenvalue weighted by Crippen LogP contribution is -2.32. The van der Waals surface area contributed by atoms with Gasteiger partial charge in [-0.1, -0.05) is 0 Å². The first-order valence-corrected chi connectivity index (χ1v) is 6.00. The lowest BCUT2D eigenvalue weighted by molar-refractivity contribution is 0.689. The maximum atomic E-state index is 8.93. The van der Waals surface area contributed by atoms with Crippen LogP contribution in [0.4, 0.5) is 5.82 Å². The molecular formula is C10H12N4S. The summed E-state index contributed by atoms with van der Waals surface area (Å²) in [5.74, 6) is 3.00. The number of nitrogens with zero attached hydrogens (tertiary/aromatic N) is 4. The summed E-state index contributed by atoms with van der Waals surface area (Å²) in [6.07, 6.45) is 4.34. The first kappa shape index (κ1) is 10.2. The first-order valence-electron chi connectivity index (χ1n) is 4.84. The van der Waals surface area contributed by atoms with Crippen molar-refractivity contribution in [2.24, 2.45) is 0 Å². The molecule has 1 atom stereocenters. The number of rotatable bonds is 2. The number of hydrogen-bond donors (Lipinski definition) is 0. The molecule has 0 spiro atoms. The van der Waals surface area contributed by atoms with Crippen molar-refractivity contribution >= 4 is 17.6 Å². The van der Waals surface area contributed by atoms with Gasteiger partial charge in [0.05, 0.1) is 0 Å². The van der Waals surface area contributed by atoms with Crippen LogP contribution in [-0.4, -0.2) is 34.6 Å². The lowest BCUT2D eigenvalue weighted by Gasteiger charge is -2.24. The van der Waals surface area contributed by atoms with E-state index in [-0.39, 0.29) is 0 Å². The Kier molecular flexibility index (Phi) is 3.07. The third-order valence-electron chi connectivity index (χ3n) is 2.57. The van der Waals surface area contributed by atoms with Crippen LogP contribution in [0, 0.1) is 11.3 Å². The standard InChI is InChI=1S/C10H12N4S/c1-14(8-2-5-15-7-8)10-9(6-11)12-3-4-13-10/h3-4,8H,2,5,7H2,1H3. The van der Waals surface area contributed by atoms with Crippen LogP contribution in [-0.2, 0) is 0 Å². The summed E-state index contributed by atoms with van der Waals surface area (Å²) >= 11 is 1.95. The average Bonchev–Trinajstić information content (AvgIpc) is 2.81. The number of hydrogen-bond acceptors (Lipinski definition) is 5. The number of thioether (sulfide) groups is 1. The van der Waals surface area contributed by atoms with E-state index in [0.29, 0.717) is 17.6 Å². The van der Waals surface area contributed by atoms with E-state index in [1.54, 1.807) is 12.4 Å². The highest BCUT2D eigenvalue weighted by atomic mass is 32.2. The van der Waals surface area contributed by atoms with E-state index >= 15 is 0 Å². The van der Waals surface area contributed by atoms with Gasteiger partial charge in [0.2, 0.25) is 0 Å². The van der Waals surface area contributed by atoms with Gasteiger partial charge in [-0.3, -0.25) is 0 Å². The van der Waals surface area contributed by atoms with Crippen molar-refractivity contribution in [1.82, 2.24) is 9.97 Å². The molecule has 0 saturated carbocycles. The second-order valence-corrected chi connectivity index (χ2v) is 4.62. The minimum Gasteiger partial charge on any atom is -0.353 e. The van der Waals surface area contributed by atoms with Crippen molar-refractivity contribution in [2.45, 2.75) is 12.5 Å². The summed E-state index contributed by atoms with van der Waals surface area (Å²) in [5.41, 5.74) is 0.414. The molecule has 2 heterocycles. The van der Waals surface area contributed by atoms with Gasteiger partial charge in [0.1, 0.15) is 6.07 Å². The van der Waals surface area contributed by atoms with Crippen molar-refractivity contribution in [3.05, 3.63) is 18.1 Å². The minimum atomic E-state index is 0.414. The fourth-order valence-electron chi connectivity index (χ4n) is 1.67. The number of aromatic nitrogens is 2. The fourth-order valence-corrected chi connectivity index (χ4v) is 2.94. The van der Waals surface area contributed by atoms with E-state index in [4.69, 9.17) is 5.26 Å². The molecule has 1 aliphatic rings. The molecule has 0 aromatic carbocycles. The smallest absolute Gasteiger partial charge is 0.183 e. The number of nitriles is 1. The summed E-state index contributed by atoms with van der Waals surface area (Å²) in [5, 5.41) is 8.93. The van der Waals surface area contributed by atoms with Crippen LogP contribution in [0.5, 0.6) is 0 Å². The fraction of sp³-hybridized carbons (Fsp3) is 0.500. The van der Waals surface area contributed by atoms with Crippen LogP contribution < -0.4 is 4.90 Å². The largest absolute Gasteiger partial charge is 0.353 e. The van der Waals surface area contributed by atoms with E-state index in [2.05, 4.69) is 20.9 Å². The molecule has 1 aromatic rings. The SMILES string of the molecule is CN(c1nccnc1C#N)C1CCSC1. The Hall–Kier alpha value is -1.28. The van der Waals surface area contributed by atoms with Gasteiger partial charge in [-0.2, -0.15) is 17.0 Å². The molecule has 0 bridgehead atoms. The van der Waals surface area contributed by atoms with Crippen molar-refractivity contribution in [3.63, 3.8) is 0 Å². The highest BCUT2D eigenvalue weighted by Crippen LogP contribution is 2.25. The molecule has 1 saturated heterocycles. The Bertz CT molecular complexity index is 381. The van der Waals surface area contributed by atoms with E-state index in [1.165, 1.54) is 5.75 Å². The third-order valence-corrected chi connectivity index (χ3v) is 3.72. The molecule has 1 aliphatic heterocycles. The predicted octanol–water partition coefficient (Wildman–Crippen LogP) is 1.29. The second kappa shape index (κ2) is 4.49. The summed E-state index contributed by atoms with van der Waals surface area (Å²) in [4.78, 5) is 10.3. The first-order chi connectivity index (χ1) is 7.33. The molecule has 1 aromatic heterocycles. The summed E-state index contributed by atoms with van der Waals surface area (Å²) in [6, 6.07) is 2.56. The van der Waals surface area contributed by atoms with Gasteiger partial charge in [-0.25, -0.2) is 9.97 Å². The Morgan fingerprint density at radius 3 is 3.00 bits per heavy atom. The maximum absolute atomic E-state index is 8.93. The van der Waals surface area contributed by atoms with Gasteiger partial charge < -0.3 is 4.90 Å². The molecule has 1 fully saturated rings. The molecule has 4 nitrogen and oxygen atoms in total. The van der Waals surface area contributed by atoms with Crippen LogP contribution in [0.1, 0.15) is 12.1 Å². The zero-order chi connectivity index (χ0) is 10.7. The Labute approximate surface area is 93.3 Å². The topological polar surface area (TPSA) is 52.8 Å². The van der Waals surface area contributed by atoms with Gasteiger partial charge in [-0.15, -0.1) is 0 Å². The van der Waals surface area contributed by atoms with E-state index in [9.17, 15) is 0 Å². The molecule has 78 valence electrons. The van der Waals surface area contributed by atoms with Gasteiger partial charge in [0.15, 0.2) is 11.5 Å².